The molecule has 0 unspecified atom stereocenters. The molecule has 0 atom stereocenters. The molecule has 3 aromatic heterocycles. The minimum Gasteiger partial charge on any atom is -0.502 e. The number of thioether (sulfide) groups is 1. The molecular formula is C20H20N4O4S. The van der Waals surface area contributed by atoms with Crippen molar-refractivity contribution in [1.82, 2.24) is 19.2 Å². The van der Waals surface area contributed by atoms with Crippen LogP contribution in [0.3, 0.4) is 0 Å². The zero-order valence-corrected chi connectivity index (χ0v) is 16.7. The highest BCUT2D eigenvalue weighted by molar-refractivity contribution is 7.98. The summed E-state index contributed by atoms with van der Waals surface area (Å²) in [6.07, 6.45) is 4.00. The minimum absolute atomic E-state index is 0.0716. The Hall–Kier alpha value is -3.07. The van der Waals surface area contributed by atoms with E-state index in [0.717, 1.165) is 31.0 Å². The van der Waals surface area contributed by atoms with E-state index in [1.807, 2.05) is 22.6 Å². The van der Waals surface area contributed by atoms with Gasteiger partial charge in [-0.2, -0.15) is 0 Å². The zero-order valence-electron chi connectivity index (χ0n) is 15.9. The molecule has 0 aliphatic carbocycles. The Labute approximate surface area is 169 Å². The number of rotatable bonds is 7. The van der Waals surface area contributed by atoms with Gasteiger partial charge < -0.3 is 9.52 Å². The predicted molar refractivity (Wildman–Crippen MR) is 110 cm³/mol. The third-order valence-electron chi connectivity index (χ3n) is 4.67. The van der Waals surface area contributed by atoms with E-state index in [4.69, 9.17) is 4.42 Å². The highest BCUT2D eigenvalue weighted by atomic mass is 32.2. The van der Waals surface area contributed by atoms with E-state index in [9.17, 15) is 14.7 Å². The Balaban J connectivity index is 1.78. The number of aromatic nitrogens is 4. The Morgan fingerprint density at radius 2 is 2.00 bits per heavy atom. The van der Waals surface area contributed by atoms with Crippen LogP contribution >= 0.6 is 11.8 Å². The summed E-state index contributed by atoms with van der Waals surface area (Å²) in [4.78, 5) is 24.6. The van der Waals surface area contributed by atoms with E-state index in [2.05, 4.69) is 17.1 Å². The molecule has 8 nitrogen and oxygen atoms in total. The van der Waals surface area contributed by atoms with E-state index >= 15 is 0 Å². The SMILES string of the molecule is CCCCCn1c(=O)c2ccccc2n2c(SCc3cc(=O)c(O)co3)nnc12. The van der Waals surface area contributed by atoms with Crippen LogP contribution in [-0.4, -0.2) is 24.3 Å². The summed E-state index contributed by atoms with van der Waals surface area (Å²) in [6.45, 7) is 2.70. The molecule has 0 amide bonds. The average Bonchev–Trinajstić information content (AvgIpc) is 3.15. The fraction of sp³-hybridized carbons (Fsp3) is 0.300. The highest BCUT2D eigenvalue weighted by Gasteiger charge is 2.17. The van der Waals surface area contributed by atoms with Crippen molar-refractivity contribution >= 4 is 28.4 Å². The quantitative estimate of drug-likeness (QED) is 0.367. The lowest BCUT2D eigenvalue weighted by Crippen LogP contribution is -2.23. The van der Waals surface area contributed by atoms with Crippen LogP contribution in [0.1, 0.15) is 31.9 Å². The van der Waals surface area contributed by atoms with E-state index in [1.165, 1.54) is 17.8 Å². The van der Waals surface area contributed by atoms with Crippen molar-refractivity contribution in [2.75, 3.05) is 0 Å². The van der Waals surface area contributed by atoms with Crippen LogP contribution in [0, 0.1) is 0 Å². The van der Waals surface area contributed by atoms with Crippen molar-refractivity contribution in [3.8, 4) is 5.75 Å². The number of unbranched alkanes of at least 4 members (excludes halogenated alkanes) is 2. The second-order valence-electron chi connectivity index (χ2n) is 6.68. The van der Waals surface area contributed by atoms with Crippen molar-refractivity contribution in [3.05, 3.63) is 62.9 Å². The summed E-state index contributed by atoms with van der Waals surface area (Å²) >= 11 is 1.34. The molecule has 0 saturated heterocycles. The van der Waals surface area contributed by atoms with Gasteiger partial charge in [-0.25, -0.2) is 0 Å². The van der Waals surface area contributed by atoms with Crippen LogP contribution in [0.5, 0.6) is 5.75 Å². The van der Waals surface area contributed by atoms with Gasteiger partial charge in [-0.1, -0.05) is 43.7 Å². The molecule has 3 heterocycles. The summed E-state index contributed by atoms with van der Waals surface area (Å²) in [5.74, 6) is 0.822. The third-order valence-corrected chi connectivity index (χ3v) is 5.62. The summed E-state index contributed by atoms with van der Waals surface area (Å²) in [5, 5.41) is 19.1. The summed E-state index contributed by atoms with van der Waals surface area (Å²) in [5.41, 5.74) is 0.171. The number of para-hydroxylation sites is 1. The maximum Gasteiger partial charge on any atom is 0.262 e. The van der Waals surface area contributed by atoms with Gasteiger partial charge in [0.1, 0.15) is 12.0 Å². The van der Waals surface area contributed by atoms with Gasteiger partial charge in [-0.3, -0.25) is 18.6 Å². The molecule has 0 aliphatic heterocycles. The van der Waals surface area contributed by atoms with Crippen LogP contribution in [0.15, 0.2) is 55.8 Å². The summed E-state index contributed by atoms with van der Waals surface area (Å²) < 4.78 is 8.80. The standard InChI is InChI=1S/C20H20N4O4S/c1-2-3-6-9-23-18(27)14-7-4-5-8-15(14)24-19(23)21-22-20(24)29-12-13-10-16(25)17(26)11-28-13/h4-5,7-8,10-11,26H,2-3,6,9,12H2,1H3. The minimum atomic E-state index is -0.492. The summed E-state index contributed by atoms with van der Waals surface area (Å²) in [7, 11) is 0. The first-order valence-corrected chi connectivity index (χ1v) is 10.4. The number of hydrogen-bond donors (Lipinski definition) is 1. The number of benzene rings is 1. The monoisotopic (exact) mass is 412 g/mol. The van der Waals surface area contributed by atoms with Crippen LogP contribution in [-0.2, 0) is 12.3 Å². The molecule has 0 spiro atoms. The number of nitrogens with zero attached hydrogens (tertiary/aromatic N) is 4. The Kier molecular flexibility index (Phi) is 5.39. The van der Waals surface area contributed by atoms with E-state index in [-0.39, 0.29) is 5.56 Å². The van der Waals surface area contributed by atoms with Gasteiger partial charge in [-0.05, 0) is 18.6 Å². The lowest BCUT2D eigenvalue weighted by molar-refractivity contribution is 0.419. The third kappa shape index (κ3) is 3.65. The maximum atomic E-state index is 13.0. The summed E-state index contributed by atoms with van der Waals surface area (Å²) in [6, 6.07) is 8.64. The Bertz CT molecular complexity index is 1290. The Morgan fingerprint density at radius 1 is 1.17 bits per heavy atom. The molecule has 29 heavy (non-hydrogen) atoms. The molecule has 1 N–H and O–H groups in total. The van der Waals surface area contributed by atoms with Crippen molar-refractivity contribution in [2.24, 2.45) is 0 Å². The molecular weight excluding hydrogens is 392 g/mol. The second-order valence-corrected chi connectivity index (χ2v) is 7.63. The van der Waals surface area contributed by atoms with Crippen molar-refractivity contribution in [2.45, 2.75) is 43.6 Å². The van der Waals surface area contributed by atoms with Gasteiger partial charge in [0, 0.05) is 12.6 Å². The van der Waals surface area contributed by atoms with Crippen molar-refractivity contribution < 1.29 is 9.52 Å². The lowest BCUT2D eigenvalue weighted by Gasteiger charge is -2.11. The fourth-order valence-corrected chi connectivity index (χ4v) is 4.03. The Morgan fingerprint density at radius 3 is 2.79 bits per heavy atom. The molecule has 9 heteroatoms. The van der Waals surface area contributed by atoms with Gasteiger partial charge >= 0.3 is 0 Å². The van der Waals surface area contributed by atoms with Crippen LogP contribution in [0.25, 0.3) is 16.7 Å². The topological polar surface area (TPSA) is 103 Å². The van der Waals surface area contributed by atoms with Crippen LogP contribution in [0.2, 0.25) is 0 Å². The smallest absolute Gasteiger partial charge is 0.262 e. The first-order chi connectivity index (χ1) is 14.1. The molecule has 0 fully saturated rings. The number of aromatic hydroxyl groups is 1. The molecule has 0 aliphatic rings. The van der Waals surface area contributed by atoms with Gasteiger partial charge in [0.15, 0.2) is 10.9 Å². The zero-order chi connectivity index (χ0) is 20.4. The number of aryl methyl sites for hydroxylation is 1. The number of hydrogen-bond acceptors (Lipinski definition) is 7. The van der Waals surface area contributed by atoms with E-state index < -0.39 is 11.2 Å². The first kappa shape index (κ1) is 19.3. The lowest BCUT2D eigenvalue weighted by atomic mass is 10.2. The van der Waals surface area contributed by atoms with Crippen molar-refractivity contribution in [3.63, 3.8) is 0 Å². The molecule has 150 valence electrons. The number of fused-ring (bicyclic) bond motifs is 3. The average molecular weight is 412 g/mol. The van der Waals surface area contributed by atoms with Gasteiger partial charge in [-0.15, -0.1) is 10.2 Å². The largest absolute Gasteiger partial charge is 0.502 e. The van der Waals surface area contributed by atoms with Crippen molar-refractivity contribution in [1.29, 1.82) is 0 Å². The fourth-order valence-electron chi connectivity index (χ4n) is 3.20. The molecule has 4 aromatic rings. The van der Waals surface area contributed by atoms with E-state index in [0.29, 0.717) is 34.4 Å². The molecule has 0 radical (unpaired) electrons. The maximum absolute atomic E-state index is 13.0. The second kappa shape index (κ2) is 8.12. The molecule has 4 rings (SSSR count). The van der Waals surface area contributed by atoms with Crippen LogP contribution in [0.4, 0.5) is 0 Å². The van der Waals surface area contributed by atoms with E-state index in [1.54, 1.807) is 10.6 Å². The first-order valence-electron chi connectivity index (χ1n) is 9.40. The highest BCUT2D eigenvalue weighted by Crippen LogP contribution is 2.24. The van der Waals surface area contributed by atoms with Gasteiger partial charge in [0.25, 0.3) is 5.56 Å². The van der Waals surface area contributed by atoms with Gasteiger partial charge in [0.05, 0.1) is 16.7 Å². The normalized spacial score (nSPS) is 11.5. The molecule has 1 aromatic carbocycles. The molecule has 0 bridgehead atoms. The predicted octanol–water partition coefficient (Wildman–Crippen LogP) is 3.19. The molecule has 0 saturated carbocycles. The van der Waals surface area contributed by atoms with Crippen LogP contribution < -0.4 is 11.0 Å². The van der Waals surface area contributed by atoms with Gasteiger partial charge in [0.2, 0.25) is 11.2 Å².